The Bertz CT molecular complexity index is 1150. The molecule has 2 aliphatic heterocycles. The Balaban J connectivity index is 1.62. The monoisotopic (exact) mass is 526 g/mol. The molecule has 0 spiro atoms. The van der Waals surface area contributed by atoms with Gasteiger partial charge in [-0.1, -0.05) is 18.2 Å². The van der Waals surface area contributed by atoms with E-state index in [9.17, 15) is 22.8 Å². The van der Waals surface area contributed by atoms with Crippen molar-refractivity contribution in [3.8, 4) is 0 Å². The molecule has 36 heavy (non-hydrogen) atoms. The second kappa shape index (κ2) is 9.69. The maximum Gasteiger partial charge on any atom is 0.414 e. The zero-order valence-electron chi connectivity index (χ0n) is 19.7. The SMILES string of the molecule is CC(C)(C)OC(=O)Nc1csc([C@]23CO[C@@H](C(F)(F)F)C[C@H]2COC(NC(=O)c2ccccc2)=N3)n1. The van der Waals surface area contributed by atoms with Gasteiger partial charge in [-0.05, 0) is 39.3 Å². The van der Waals surface area contributed by atoms with Crippen molar-refractivity contribution in [1.29, 1.82) is 0 Å². The lowest BCUT2D eigenvalue weighted by Crippen LogP contribution is -2.55. The molecule has 0 aliphatic carbocycles. The first-order valence-electron chi connectivity index (χ1n) is 11.1. The minimum absolute atomic E-state index is 0.141. The van der Waals surface area contributed by atoms with E-state index in [2.05, 4.69) is 20.6 Å². The number of thiazole rings is 1. The lowest BCUT2D eigenvalue weighted by Gasteiger charge is -2.45. The van der Waals surface area contributed by atoms with Crippen LogP contribution in [0, 0.1) is 5.92 Å². The van der Waals surface area contributed by atoms with E-state index in [0.717, 1.165) is 11.3 Å². The number of benzene rings is 1. The third kappa shape index (κ3) is 5.78. The van der Waals surface area contributed by atoms with E-state index in [1.807, 2.05) is 0 Å². The molecule has 194 valence electrons. The zero-order chi connectivity index (χ0) is 26.1. The smallest absolute Gasteiger partial charge is 0.414 e. The van der Waals surface area contributed by atoms with Crippen LogP contribution in [0.15, 0.2) is 40.7 Å². The molecular formula is C23H25F3N4O5S. The minimum Gasteiger partial charge on any atom is -0.465 e. The average molecular weight is 527 g/mol. The molecule has 2 aliphatic rings. The van der Waals surface area contributed by atoms with Gasteiger partial charge in [0.2, 0.25) is 0 Å². The summed E-state index contributed by atoms with van der Waals surface area (Å²) in [6.45, 7) is 4.55. The van der Waals surface area contributed by atoms with Gasteiger partial charge in [0, 0.05) is 16.9 Å². The standard InChI is InChI=1S/C23H25F3N4O5S/c1-21(2,3)35-20(32)28-16-11-36-18(27-16)22-12-34-15(23(24,25)26)9-14(22)10-33-19(30-22)29-17(31)13-7-5-4-6-8-13/h4-8,11,14-15H,9-10,12H2,1-3H3,(H,28,32)(H,29,30,31)/t14-,15+,22-/m0/s1. The first-order chi connectivity index (χ1) is 16.9. The number of aromatic nitrogens is 1. The summed E-state index contributed by atoms with van der Waals surface area (Å²) >= 11 is 1.10. The fourth-order valence-electron chi connectivity index (χ4n) is 3.86. The molecule has 0 saturated carbocycles. The molecule has 3 heterocycles. The number of nitrogens with zero attached hydrogens (tertiary/aromatic N) is 2. The summed E-state index contributed by atoms with van der Waals surface area (Å²) < 4.78 is 56.2. The first kappa shape index (κ1) is 25.9. The van der Waals surface area contributed by atoms with Crippen LogP contribution in [0.2, 0.25) is 0 Å². The number of halogens is 3. The third-order valence-electron chi connectivity index (χ3n) is 5.53. The van der Waals surface area contributed by atoms with E-state index in [-0.39, 0.29) is 18.4 Å². The molecule has 0 bridgehead atoms. The zero-order valence-corrected chi connectivity index (χ0v) is 20.5. The number of hydrogen-bond acceptors (Lipinski definition) is 8. The fourth-order valence-corrected chi connectivity index (χ4v) is 4.82. The van der Waals surface area contributed by atoms with Crippen LogP contribution in [-0.4, -0.2) is 54.1 Å². The molecule has 9 nitrogen and oxygen atoms in total. The molecule has 1 fully saturated rings. The highest BCUT2D eigenvalue weighted by Crippen LogP contribution is 2.47. The molecule has 0 radical (unpaired) electrons. The molecule has 2 amide bonds. The molecule has 3 atom stereocenters. The van der Waals surface area contributed by atoms with Crippen LogP contribution in [-0.2, 0) is 19.7 Å². The molecule has 1 aromatic heterocycles. The van der Waals surface area contributed by atoms with E-state index >= 15 is 0 Å². The summed E-state index contributed by atoms with van der Waals surface area (Å²) in [6.07, 6.45) is -7.66. The Labute approximate surface area is 209 Å². The first-order valence-corrected chi connectivity index (χ1v) is 12.0. The van der Waals surface area contributed by atoms with Gasteiger partial charge < -0.3 is 14.2 Å². The van der Waals surface area contributed by atoms with Crippen LogP contribution < -0.4 is 10.6 Å². The Kier molecular flexibility index (Phi) is 6.97. The second-order valence-corrected chi connectivity index (χ2v) is 10.3. The number of ether oxygens (including phenoxy) is 3. The van der Waals surface area contributed by atoms with Gasteiger partial charge >= 0.3 is 12.3 Å². The number of amides is 2. The second-order valence-electron chi connectivity index (χ2n) is 9.41. The number of anilines is 1. The highest BCUT2D eigenvalue weighted by atomic mass is 32.1. The molecule has 0 unspecified atom stereocenters. The number of carbonyl (C=O) groups is 2. The number of fused-ring (bicyclic) bond motifs is 1. The van der Waals surface area contributed by atoms with Crippen LogP contribution in [0.4, 0.5) is 23.8 Å². The van der Waals surface area contributed by atoms with Gasteiger partial charge in [0.25, 0.3) is 11.9 Å². The summed E-state index contributed by atoms with van der Waals surface area (Å²) in [5.74, 6) is -1.07. The quantitative estimate of drug-likeness (QED) is 0.611. The third-order valence-corrected chi connectivity index (χ3v) is 6.54. The van der Waals surface area contributed by atoms with Crippen LogP contribution in [0.3, 0.4) is 0 Å². The maximum atomic E-state index is 13.4. The van der Waals surface area contributed by atoms with E-state index in [1.165, 1.54) is 5.38 Å². The van der Waals surface area contributed by atoms with Gasteiger partial charge in [0.15, 0.2) is 6.10 Å². The number of amidine groups is 1. The normalized spacial score (nSPS) is 24.1. The van der Waals surface area contributed by atoms with Gasteiger partial charge in [0.1, 0.15) is 22.0 Å². The maximum absolute atomic E-state index is 13.4. The summed E-state index contributed by atoms with van der Waals surface area (Å²) in [5.41, 5.74) is -1.72. The number of rotatable bonds is 3. The van der Waals surface area contributed by atoms with Crippen molar-refractivity contribution < 1.29 is 37.0 Å². The van der Waals surface area contributed by atoms with Crippen molar-refractivity contribution >= 4 is 35.2 Å². The largest absolute Gasteiger partial charge is 0.465 e. The summed E-state index contributed by atoms with van der Waals surface area (Å²) in [6, 6.07) is 8.20. The summed E-state index contributed by atoms with van der Waals surface area (Å²) in [4.78, 5) is 33.7. The fraction of sp³-hybridized carbons (Fsp3) is 0.478. The van der Waals surface area contributed by atoms with Gasteiger partial charge in [0.05, 0.1) is 13.2 Å². The van der Waals surface area contributed by atoms with Crippen LogP contribution in [0.5, 0.6) is 0 Å². The van der Waals surface area contributed by atoms with Crippen molar-refractivity contribution in [2.45, 2.75) is 50.6 Å². The van der Waals surface area contributed by atoms with Gasteiger partial charge in [-0.2, -0.15) is 13.2 Å². The predicted octanol–water partition coefficient (Wildman–Crippen LogP) is 4.47. The molecule has 2 aromatic rings. The van der Waals surface area contributed by atoms with Gasteiger partial charge in [-0.3, -0.25) is 15.4 Å². The lowest BCUT2D eigenvalue weighted by atomic mass is 9.79. The molecule has 1 saturated heterocycles. The number of nitrogens with one attached hydrogen (secondary N) is 2. The molecule has 4 rings (SSSR count). The van der Waals surface area contributed by atoms with Crippen molar-refractivity contribution in [2.75, 3.05) is 18.5 Å². The Morgan fingerprint density at radius 3 is 2.56 bits per heavy atom. The van der Waals surface area contributed by atoms with Crippen molar-refractivity contribution in [3.05, 3.63) is 46.3 Å². The molecule has 1 aromatic carbocycles. The van der Waals surface area contributed by atoms with E-state index in [0.29, 0.717) is 10.6 Å². The van der Waals surface area contributed by atoms with Crippen molar-refractivity contribution in [2.24, 2.45) is 10.9 Å². The molecular weight excluding hydrogens is 501 g/mol. The number of aliphatic imine (C=N–C) groups is 1. The van der Waals surface area contributed by atoms with Gasteiger partial charge in [-0.15, -0.1) is 11.3 Å². The summed E-state index contributed by atoms with van der Waals surface area (Å²) in [7, 11) is 0. The molecule has 2 N–H and O–H groups in total. The Hall–Kier alpha value is -3.19. The lowest BCUT2D eigenvalue weighted by molar-refractivity contribution is -0.249. The highest BCUT2D eigenvalue weighted by Gasteiger charge is 2.56. The highest BCUT2D eigenvalue weighted by molar-refractivity contribution is 7.10. The number of alkyl halides is 3. The van der Waals surface area contributed by atoms with Gasteiger partial charge in [-0.25, -0.2) is 14.8 Å². The average Bonchev–Trinajstić information content (AvgIpc) is 3.26. The van der Waals surface area contributed by atoms with E-state index in [1.54, 1.807) is 51.1 Å². The number of hydrogen-bond donors (Lipinski definition) is 2. The topological polar surface area (TPSA) is 111 Å². The Morgan fingerprint density at radius 2 is 1.89 bits per heavy atom. The van der Waals surface area contributed by atoms with Crippen LogP contribution >= 0.6 is 11.3 Å². The summed E-state index contributed by atoms with van der Waals surface area (Å²) in [5, 5.41) is 6.93. The minimum atomic E-state index is -4.55. The Morgan fingerprint density at radius 1 is 1.17 bits per heavy atom. The predicted molar refractivity (Wildman–Crippen MR) is 125 cm³/mol. The molecule has 13 heteroatoms. The van der Waals surface area contributed by atoms with Crippen LogP contribution in [0.1, 0.15) is 42.6 Å². The van der Waals surface area contributed by atoms with Crippen molar-refractivity contribution in [3.63, 3.8) is 0 Å². The number of carbonyl (C=O) groups excluding carboxylic acids is 2. The van der Waals surface area contributed by atoms with E-state index in [4.69, 9.17) is 14.2 Å². The van der Waals surface area contributed by atoms with Crippen LogP contribution in [0.25, 0.3) is 0 Å². The van der Waals surface area contributed by atoms with Crippen molar-refractivity contribution in [1.82, 2.24) is 10.3 Å². The van der Waals surface area contributed by atoms with E-state index < -0.39 is 54.4 Å².